The molecule has 5 heteroatoms. The molecule has 0 unspecified atom stereocenters. The number of furan rings is 1. The number of hydrogen-bond donors (Lipinski definition) is 2. The van der Waals surface area contributed by atoms with Crippen molar-refractivity contribution < 1.29 is 13.6 Å². The number of carbonyl (C=O) groups excluding carboxylic acids is 1. The lowest BCUT2D eigenvalue weighted by Gasteiger charge is -2.04. The second-order valence-corrected chi connectivity index (χ2v) is 3.89. The molecule has 0 bridgehead atoms. The molecule has 94 valence electrons. The van der Waals surface area contributed by atoms with Gasteiger partial charge < -0.3 is 15.5 Å². The molecule has 0 aliphatic rings. The van der Waals surface area contributed by atoms with Crippen molar-refractivity contribution in [3.05, 3.63) is 53.2 Å². The van der Waals surface area contributed by atoms with Crippen molar-refractivity contribution >= 4 is 11.6 Å². The summed E-state index contributed by atoms with van der Waals surface area (Å²) in [7, 11) is 0. The minimum absolute atomic E-state index is 0.149. The van der Waals surface area contributed by atoms with Gasteiger partial charge in [-0.3, -0.25) is 4.79 Å². The first kappa shape index (κ1) is 12.3. The quantitative estimate of drug-likeness (QED) is 0.876. The zero-order chi connectivity index (χ0) is 13.1. The van der Waals surface area contributed by atoms with Gasteiger partial charge in [0.25, 0.3) is 5.91 Å². The molecule has 1 aromatic heterocycles. The third kappa shape index (κ3) is 2.57. The Kier molecular flexibility index (Phi) is 3.43. The van der Waals surface area contributed by atoms with Crippen LogP contribution in [0.4, 0.5) is 10.1 Å². The first-order valence-corrected chi connectivity index (χ1v) is 5.46. The highest BCUT2D eigenvalue weighted by molar-refractivity contribution is 6.02. The van der Waals surface area contributed by atoms with E-state index < -0.39 is 5.91 Å². The van der Waals surface area contributed by atoms with Crippen LogP contribution in [-0.2, 0) is 6.54 Å². The second-order valence-electron chi connectivity index (χ2n) is 3.89. The summed E-state index contributed by atoms with van der Waals surface area (Å²) < 4.78 is 18.5. The Hall–Kier alpha value is -2.14. The molecular formula is C13H13FN2O2. The molecule has 2 aromatic rings. The fourth-order valence-electron chi connectivity index (χ4n) is 1.47. The lowest BCUT2D eigenvalue weighted by atomic mass is 10.2. The average molecular weight is 248 g/mol. The van der Waals surface area contributed by atoms with E-state index in [0.717, 1.165) is 0 Å². The minimum atomic E-state index is -0.432. The van der Waals surface area contributed by atoms with Crippen LogP contribution in [-0.4, -0.2) is 5.91 Å². The topological polar surface area (TPSA) is 68.3 Å². The van der Waals surface area contributed by atoms with E-state index in [2.05, 4.69) is 5.32 Å². The van der Waals surface area contributed by atoms with Gasteiger partial charge in [-0.25, -0.2) is 4.39 Å². The van der Waals surface area contributed by atoms with Gasteiger partial charge >= 0.3 is 0 Å². The number of hydrogen-bond acceptors (Lipinski definition) is 3. The van der Waals surface area contributed by atoms with Crippen LogP contribution in [0, 0.1) is 12.7 Å². The van der Waals surface area contributed by atoms with Gasteiger partial charge in [0.2, 0.25) is 0 Å². The Labute approximate surface area is 104 Å². The molecule has 4 nitrogen and oxygen atoms in total. The number of benzene rings is 1. The van der Waals surface area contributed by atoms with Crippen LogP contribution >= 0.6 is 0 Å². The highest BCUT2D eigenvalue weighted by Crippen LogP contribution is 2.15. The first-order valence-electron chi connectivity index (χ1n) is 5.46. The summed E-state index contributed by atoms with van der Waals surface area (Å²) >= 11 is 0. The minimum Gasteiger partial charge on any atom is -0.455 e. The van der Waals surface area contributed by atoms with Gasteiger partial charge in [-0.2, -0.15) is 0 Å². The smallest absolute Gasteiger partial charge is 0.291 e. The number of carbonyl (C=O) groups is 1. The van der Waals surface area contributed by atoms with E-state index in [0.29, 0.717) is 17.0 Å². The molecule has 1 heterocycles. The molecule has 0 aliphatic carbocycles. The van der Waals surface area contributed by atoms with E-state index in [9.17, 15) is 9.18 Å². The Morgan fingerprint density at radius 3 is 2.78 bits per heavy atom. The molecule has 0 atom stereocenters. The number of amides is 1. The van der Waals surface area contributed by atoms with Gasteiger partial charge in [-0.1, -0.05) is 6.07 Å². The fraction of sp³-hybridized carbons (Fsp3) is 0.154. The van der Waals surface area contributed by atoms with Crippen molar-refractivity contribution in [3.8, 4) is 0 Å². The normalized spacial score (nSPS) is 10.4. The van der Waals surface area contributed by atoms with Crippen molar-refractivity contribution in [2.75, 3.05) is 5.32 Å². The van der Waals surface area contributed by atoms with E-state index >= 15 is 0 Å². The molecule has 3 N–H and O–H groups in total. The highest BCUT2D eigenvalue weighted by atomic mass is 19.1. The molecule has 2 rings (SSSR count). The summed E-state index contributed by atoms with van der Waals surface area (Å²) in [5, 5.41) is 2.55. The third-order valence-electron chi connectivity index (χ3n) is 2.52. The Morgan fingerprint density at radius 1 is 1.39 bits per heavy atom. The van der Waals surface area contributed by atoms with E-state index in [1.165, 1.54) is 12.1 Å². The summed E-state index contributed by atoms with van der Waals surface area (Å²) in [6.07, 6.45) is 0. The molecule has 0 spiro atoms. The molecule has 0 fully saturated rings. The van der Waals surface area contributed by atoms with Gasteiger partial charge in [-0.05, 0) is 36.8 Å². The van der Waals surface area contributed by atoms with Gasteiger partial charge in [0, 0.05) is 5.69 Å². The molecule has 0 saturated carbocycles. The van der Waals surface area contributed by atoms with Crippen molar-refractivity contribution in [1.82, 2.24) is 0 Å². The fourth-order valence-corrected chi connectivity index (χ4v) is 1.47. The Bertz CT molecular complexity index is 578. The summed E-state index contributed by atoms with van der Waals surface area (Å²) in [5.41, 5.74) is 6.28. The van der Waals surface area contributed by atoms with Crippen LogP contribution in [0.3, 0.4) is 0 Å². The van der Waals surface area contributed by atoms with Crippen LogP contribution in [0.25, 0.3) is 0 Å². The molecule has 1 aromatic carbocycles. The van der Waals surface area contributed by atoms with E-state index in [1.54, 1.807) is 25.1 Å². The number of nitrogens with one attached hydrogen (secondary N) is 1. The van der Waals surface area contributed by atoms with Crippen molar-refractivity contribution in [2.24, 2.45) is 5.73 Å². The molecular weight excluding hydrogens is 235 g/mol. The standard InChI is InChI=1S/C13H13FN2O2/c1-8-2-3-9(6-11(8)14)16-13(17)12-5-4-10(7-15)18-12/h2-6H,7,15H2,1H3,(H,16,17). The maximum Gasteiger partial charge on any atom is 0.291 e. The van der Waals surface area contributed by atoms with Gasteiger partial charge in [0.15, 0.2) is 5.76 Å². The maximum absolute atomic E-state index is 13.3. The largest absolute Gasteiger partial charge is 0.455 e. The van der Waals surface area contributed by atoms with Crippen LogP contribution in [0.15, 0.2) is 34.7 Å². The molecule has 0 radical (unpaired) electrons. The van der Waals surface area contributed by atoms with Crippen molar-refractivity contribution in [3.63, 3.8) is 0 Å². The van der Waals surface area contributed by atoms with Crippen LogP contribution in [0.2, 0.25) is 0 Å². The van der Waals surface area contributed by atoms with E-state index in [4.69, 9.17) is 10.2 Å². The van der Waals surface area contributed by atoms with Gasteiger partial charge in [0.1, 0.15) is 11.6 Å². The van der Waals surface area contributed by atoms with Crippen molar-refractivity contribution in [2.45, 2.75) is 13.5 Å². The summed E-state index contributed by atoms with van der Waals surface area (Å²) in [6.45, 7) is 1.88. The summed E-state index contributed by atoms with van der Waals surface area (Å²) in [4.78, 5) is 11.8. The lowest BCUT2D eigenvalue weighted by Crippen LogP contribution is -2.11. The SMILES string of the molecule is Cc1ccc(NC(=O)c2ccc(CN)o2)cc1F. The van der Waals surface area contributed by atoms with Crippen LogP contribution < -0.4 is 11.1 Å². The first-order chi connectivity index (χ1) is 8.60. The predicted octanol–water partition coefficient (Wildman–Crippen LogP) is 2.44. The number of anilines is 1. The van der Waals surface area contributed by atoms with Gasteiger partial charge in [0.05, 0.1) is 6.54 Å². The monoisotopic (exact) mass is 248 g/mol. The summed E-state index contributed by atoms with van der Waals surface area (Å²) in [6, 6.07) is 7.65. The summed E-state index contributed by atoms with van der Waals surface area (Å²) in [5.74, 6) is -0.125. The molecule has 0 aliphatic heterocycles. The van der Waals surface area contributed by atoms with E-state index in [-0.39, 0.29) is 18.1 Å². The van der Waals surface area contributed by atoms with Crippen molar-refractivity contribution in [1.29, 1.82) is 0 Å². The zero-order valence-electron chi connectivity index (χ0n) is 9.87. The Morgan fingerprint density at radius 2 is 2.17 bits per heavy atom. The van der Waals surface area contributed by atoms with Gasteiger partial charge in [-0.15, -0.1) is 0 Å². The second kappa shape index (κ2) is 5.01. The maximum atomic E-state index is 13.3. The number of aryl methyl sites for hydroxylation is 1. The predicted molar refractivity (Wildman–Crippen MR) is 65.7 cm³/mol. The van der Waals surface area contributed by atoms with E-state index in [1.807, 2.05) is 0 Å². The molecule has 18 heavy (non-hydrogen) atoms. The third-order valence-corrected chi connectivity index (χ3v) is 2.52. The lowest BCUT2D eigenvalue weighted by molar-refractivity contribution is 0.0995. The number of rotatable bonds is 3. The molecule has 0 saturated heterocycles. The number of halogens is 1. The van der Waals surface area contributed by atoms with Crippen LogP contribution in [0.1, 0.15) is 21.9 Å². The Balaban J connectivity index is 2.13. The van der Waals surface area contributed by atoms with Crippen LogP contribution in [0.5, 0.6) is 0 Å². The zero-order valence-corrected chi connectivity index (χ0v) is 9.87. The highest BCUT2D eigenvalue weighted by Gasteiger charge is 2.11. The number of nitrogens with two attached hydrogens (primary N) is 1. The molecule has 1 amide bonds. The average Bonchev–Trinajstić information content (AvgIpc) is 2.82.